The van der Waals surface area contributed by atoms with Gasteiger partial charge in [-0.2, -0.15) is 0 Å². The Morgan fingerprint density at radius 1 is 0.867 bits per heavy atom. The summed E-state index contributed by atoms with van der Waals surface area (Å²) in [6, 6.07) is 0.665. The lowest BCUT2D eigenvalue weighted by atomic mass is 9.97. The van der Waals surface area contributed by atoms with Crippen molar-refractivity contribution in [2.45, 2.75) is 65.6 Å². The van der Waals surface area contributed by atoms with Crippen LogP contribution in [0.15, 0.2) is 0 Å². The summed E-state index contributed by atoms with van der Waals surface area (Å²) in [5, 5.41) is 0. The van der Waals surface area contributed by atoms with Gasteiger partial charge < -0.3 is 0 Å². The van der Waals surface area contributed by atoms with Gasteiger partial charge in [0.1, 0.15) is 0 Å². The molecule has 0 bridgehead atoms. The van der Waals surface area contributed by atoms with Gasteiger partial charge in [-0.15, -0.1) is 0 Å². The van der Waals surface area contributed by atoms with Crippen LogP contribution in [0.5, 0.6) is 0 Å². The van der Waals surface area contributed by atoms with E-state index in [1.807, 2.05) is 0 Å². The molecule has 0 aliphatic carbocycles. The quantitative estimate of drug-likeness (QED) is 0.609. The average Bonchev–Trinajstić information content (AvgIpc) is 1.99. The van der Waals surface area contributed by atoms with E-state index in [0.29, 0.717) is 17.1 Å². The van der Waals surface area contributed by atoms with E-state index in [1.165, 1.54) is 19.6 Å². The van der Waals surface area contributed by atoms with Crippen molar-refractivity contribution in [1.82, 2.24) is 9.80 Å². The Kier molecular flexibility index (Phi) is 3.52. The lowest BCUT2D eigenvalue weighted by molar-refractivity contribution is -0.0152. The monoisotopic (exact) mass is 212 g/mol. The second kappa shape index (κ2) is 4.06. The van der Waals surface area contributed by atoms with Crippen LogP contribution in [0, 0.1) is 0 Å². The zero-order valence-corrected chi connectivity index (χ0v) is 11.6. The molecular weight excluding hydrogens is 184 g/mol. The standard InChI is InChI=1S/C13H28N2/c1-11-10-14(12(2,3)4)8-9-15(11)13(5,6)7/h11H,8-10H2,1-7H3/t11-/m0/s1. The molecule has 0 amide bonds. The van der Waals surface area contributed by atoms with E-state index in [-0.39, 0.29) is 0 Å². The van der Waals surface area contributed by atoms with Gasteiger partial charge in [0.25, 0.3) is 0 Å². The third-order valence-corrected chi connectivity index (χ3v) is 3.44. The Morgan fingerprint density at radius 2 is 1.40 bits per heavy atom. The van der Waals surface area contributed by atoms with Crippen molar-refractivity contribution in [2.75, 3.05) is 19.6 Å². The third kappa shape index (κ3) is 3.18. The number of hydrogen-bond acceptors (Lipinski definition) is 2. The molecule has 0 aromatic rings. The lowest BCUT2D eigenvalue weighted by Crippen LogP contribution is -2.61. The maximum atomic E-state index is 2.62. The van der Waals surface area contributed by atoms with E-state index in [1.54, 1.807) is 0 Å². The first-order valence-electron chi connectivity index (χ1n) is 6.14. The van der Waals surface area contributed by atoms with E-state index in [0.717, 1.165) is 0 Å². The van der Waals surface area contributed by atoms with Gasteiger partial charge in [-0.1, -0.05) is 0 Å². The summed E-state index contributed by atoms with van der Waals surface area (Å²) < 4.78 is 0. The molecule has 0 aromatic heterocycles. The summed E-state index contributed by atoms with van der Waals surface area (Å²) >= 11 is 0. The fourth-order valence-corrected chi connectivity index (χ4v) is 2.56. The highest BCUT2D eigenvalue weighted by molar-refractivity contribution is 4.90. The molecule has 2 heteroatoms. The molecule has 90 valence electrons. The molecule has 0 N–H and O–H groups in total. The van der Waals surface area contributed by atoms with Gasteiger partial charge in [-0.05, 0) is 48.5 Å². The molecule has 0 radical (unpaired) electrons. The van der Waals surface area contributed by atoms with Gasteiger partial charge >= 0.3 is 0 Å². The molecule has 1 rings (SSSR count). The van der Waals surface area contributed by atoms with Crippen LogP contribution in [0.2, 0.25) is 0 Å². The van der Waals surface area contributed by atoms with Gasteiger partial charge in [-0.25, -0.2) is 0 Å². The summed E-state index contributed by atoms with van der Waals surface area (Å²) in [6.45, 7) is 19.8. The summed E-state index contributed by atoms with van der Waals surface area (Å²) in [4.78, 5) is 5.22. The Hall–Kier alpha value is -0.0800. The van der Waals surface area contributed by atoms with Gasteiger partial charge in [0.2, 0.25) is 0 Å². The van der Waals surface area contributed by atoms with Crippen LogP contribution < -0.4 is 0 Å². The number of hydrogen-bond donors (Lipinski definition) is 0. The van der Waals surface area contributed by atoms with Gasteiger partial charge in [-0.3, -0.25) is 9.80 Å². The summed E-state index contributed by atoms with van der Waals surface area (Å²) in [5.74, 6) is 0. The normalized spacial score (nSPS) is 27.0. The van der Waals surface area contributed by atoms with Crippen LogP contribution in [0.4, 0.5) is 0 Å². The van der Waals surface area contributed by atoms with Crippen molar-refractivity contribution in [3.63, 3.8) is 0 Å². The third-order valence-electron chi connectivity index (χ3n) is 3.44. The smallest absolute Gasteiger partial charge is 0.0200 e. The average molecular weight is 212 g/mol. The topological polar surface area (TPSA) is 6.48 Å². The number of rotatable bonds is 0. The van der Waals surface area contributed by atoms with Crippen molar-refractivity contribution in [1.29, 1.82) is 0 Å². The fourth-order valence-electron chi connectivity index (χ4n) is 2.56. The first-order valence-corrected chi connectivity index (χ1v) is 6.14. The van der Waals surface area contributed by atoms with E-state index in [9.17, 15) is 0 Å². The van der Waals surface area contributed by atoms with Crippen molar-refractivity contribution in [3.05, 3.63) is 0 Å². The van der Waals surface area contributed by atoms with Crippen molar-refractivity contribution in [2.24, 2.45) is 0 Å². The van der Waals surface area contributed by atoms with Gasteiger partial charge in [0.15, 0.2) is 0 Å². The van der Waals surface area contributed by atoms with E-state index >= 15 is 0 Å². The van der Waals surface area contributed by atoms with Crippen LogP contribution in [0.3, 0.4) is 0 Å². The minimum Gasteiger partial charge on any atom is -0.296 e. The first kappa shape index (κ1) is 13.0. The Bertz CT molecular complexity index is 210. The maximum Gasteiger partial charge on any atom is 0.0200 e. The molecule has 0 aromatic carbocycles. The summed E-state index contributed by atoms with van der Waals surface area (Å²) in [5.41, 5.74) is 0.627. The predicted molar refractivity (Wildman–Crippen MR) is 67.2 cm³/mol. The van der Waals surface area contributed by atoms with Crippen molar-refractivity contribution >= 4 is 0 Å². The predicted octanol–water partition coefficient (Wildman–Crippen LogP) is 2.59. The SMILES string of the molecule is C[C@H]1CN(C(C)(C)C)CCN1C(C)(C)C. The van der Waals surface area contributed by atoms with Crippen molar-refractivity contribution in [3.8, 4) is 0 Å². The molecule has 1 fully saturated rings. The van der Waals surface area contributed by atoms with Crippen LogP contribution in [-0.4, -0.2) is 46.6 Å². The van der Waals surface area contributed by atoms with Crippen LogP contribution in [0.25, 0.3) is 0 Å². The van der Waals surface area contributed by atoms with E-state index < -0.39 is 0 Å². The molecular formula is C13H28N2. The highest BCUT2D eigenvalue weighted by Gasteiger charge is 2.34. The molecule has 2 nitrogen and oxygen atoms in total. The second-order valence-electron chi connectivity index (χ2n) is 6.83. The molecule has 15 heavy (non-hydrogen) atoms. The number of nitrogens with zero attached hydrogens (tertiary/aromatic N) is 2. The molecule has 0 unspecified atom stereocenters. The van der Waals surface area contributed by atoms with E-state index in [2.05, 4.69) is 58.3 Å². The number of piperazine rings is 1. The maximum absolute atomic E-state index is 2.62. The Balaban J connectivity index is 2.64. The molecule has 0 spiro atoms. The Labute approximate surface area is 95.6 Å². The molecule has 1 heterocycles. The first-order chi connectivity index (χ1) is 6.62. The largest absolute Gasteiger partial charge is 0.296 e. The zero-order valence-electron chi connectivity index (χ0n) is 11.6. The molecule has 0 saturated carbocycles. The van der Waals surface area contributed by atoms with Crippen LogP contribution in [-0.2, 0) is 0 Å². The molecule has 1 saturated heterocycles. The summed E-state index contributed by atoms with van der Waals surface area (Å²) in [6.07, 6.45) is 0. The van der Waals surface area contributed by atoms with Crippen molar-refractivity contribution < 1.29 is 0 Å². The Morgan fingerprint density at radius 3 is 1.73 bits per heavy atom. The highest BCUT2D eigenvalue weighted by atomic mass is 15.3. The molecule has 1 aliphatic heterocycles. The zero-order chi connectivity index (χ0) is 11.9. The van der Waals surface area contributed by atoms with Gasteiger partial charge in [0.05, 0.1) is 0 Å². The minimum absolute atomic E-state index is 0.309. The van der Waals surface area contributed by atoms with Gasteiger partial charge in [0, 0.05) is 36.8 Å². The molecule has 1 aliphatic rings. The second-order valence-corrected chi connectivity index (χ2v) is 6.83. The van der Waals surface area contributed by atoms with E-state index in [4.69, 9.17) is 0 Å². The molecule has 1 atom stereocenters. The fraction of sp³-hybridized carbons (Fsp3) is 1.00. The van der Waals surface area contributed by atoms with Crippen LogP contribution >= 0.6 is 0 Å². The lowest BCUT2D eigenvalue weighted by Gasteiger charge is -2.50. The van der Waals surface area contributed by atoms with Crippen LogP contribution in [0.1, 0.15) is 48.5 Å². The highest BCUT2D eigenvalue weighted by Crippen LogP contribution is 2.24. The minimum atomic E-state index is 0.309. The summed E-state index contributed by atoms with van der Waals surface area (Å²) in [7, 11) is 0.